The highest BCUT2D eigenvalue weighted by Gasteiger charge is 2.19. The standard InChI is InChI=1S/C7H14NO2/c1-6(8-9)7-2-4-10-5-3-7/h6-9H,1-5H2/t6-/m0/s1. The van der Waals surface area contributed by atoms with Crippen LogP contribution < -0.4 is 5.48 Å². The van der Waals surface area contributed by atoms with Gasteiger partial charge >= 0.3 is 0 Å². The zero-order chi connectivity index (χ0) is 7.40. The fourth-order valence-corrected chi connectivity index (χ4v) is 1.22. The Hall–Kier alpha value is -0.120. The molecule has 1 rings (SSSR count). The first-order valence-corrected chi connectivity index (χ1v) is 3.65. The van der Waals surface area contributed by atoms with Crippen molar-refractivity contribution in [3.63, 3.8) is 0 Å². The van der Waals surface area contributed by atoms with Crippen LogP contribution in [-0.2, 0) is 4.74 Å². The molecule has 0 aromatic rings. The molecule has 0 bridgehead atoms. The molecule has 0 saturated carbocycles. The molecule has 1 fully saturated rings. The molecule has 1 aliphatic rings. The Morgan fingerprint density at radius 2 is 2.10 bits per heavy atom. The fraction of sp³-hybridized carbons (Fsp3) is 0.857. The summed E-state index contributed by atoms with van der Waals surface area (Å²) in [7, 11) is 0. The van der Waals surface area contributed by atoms with Crippen LogP contribution in [0.4, 0.5) is 0 Å². The van der Waals surface area contributed by atoms with Gasteiger partial charge in [0, 0.05) is 19.3 Å². The van der Waals surface area contributed by atoms with E-state index in [0.717, 1.165) is 26.1 Å². The van der Waals surface area contributed by atoms with Gasteiger partial charge in [-0.1, -0.05) is 0 Å². The molecule has 0 amide bonds. The molecular weight excluding hydrogens is 130 g/mol. The van der Waals surface area contributed by atoms with Gasteiger partial charge in [-0.05, 0) is 25.7 Å². The van der Waals surface area contributed by atoms with Crippen LogP contribution in [0, 0.1) is 12.8 Å². The lowest BCUT2D eigenvalue weighted by atomic mass is 9.94. The monoisotopic (exact) mass is 144 g/mol. The van der Waals surface area contributed by atoms with Gasteiger partial charge in [-0.3, -0.25) is 0 Å². The number of ether oxygens (including phenoxy) is 1. The van der Waals surface area contributed by atoms with Crippen LogP contribution in [-0.4, -0.2) is 24.5 Å². The van der Waals surface area contributed by atoms with Crippen LogP contribution in [0.2, 0.25) is 0 Å². The summed E-state index contributed by atoms with van der Waals surface area (Å²) >= 11 is 0. The van der Waals surface area contributed by atoms with E-state index in [4.69, 9.17) is 9.94 Å². The second-order valence-electron chi connectivity index (χ2n) is 2.69. The molecule has 10 heavy (non-hydrogen) atoms. The maximum atomic E-state index is 8.53. The zero-order valence-corrected chi connectivity index (χ0v) is 6.05. The number of nitrogens with one attached hydrogen (secondary N) is 1. The Bertz CT molecular complexity index is 91.6. The van der Waals surface area contributed by atoms with E-state index in [0.29, 0.717) is 5.92 Å². The van der Waals surface area contributed by atoms with E-state index in [1.165, 1.54) is 0 Å². The average molecular weight is 144 g/mol. The van der Waals surface area contributed by atoms with Gasteiger partial charge in [0.15, 0.2) is 0 Å². The fourth-order valence-electron chi connectivity index (χ4n) is 1.22. The van der Waals surface area contributed by atoms with Crippen molar-refractivity contribution in [2.75, 3.05) is 13.2 Å². The zero-order valence-electron chi connectivity index (χ0n) is 6.05. The van der Waals surface area contributed by atoms with Gasteiger partial charge in [0.1, 0.15) is 0 Å². The van der Waals surface area contributed by atoms with E-state index < -0.39 is 0 Å². The van der Waals surface area contributed by atoms with Crippen molar-refractivity contribution in [2.45, 2.75) is 18.9 Å². The van der Waals surface area contributed by atoms with Crippen molar-refractivity contribution < 1.29 is 9.94 Å². The molecule has 59 valence electrons. The topological polar surface area (TPSA) is 41.5 Å². The molecule has 1 radical (unpaired) electrons. The van der Waals surface area contributed by atoms with Gasteiger partial charge in [-0.15, -0.1) is 0 Å². The molecule has 0 aromatic carbocycles. The Balaban J connectivity index is 2.24. The van der Waals surface area contributed by atoms with Gasteiger partial charge in [0.05, 0.1) is 0 Å². The third-order valence-corrected chi connectivity index (χ3v) is 2.00. The van der Waals surface area contributed by atoms with Crippen molar-refractivity contribution in [3.05, 3.63) is 6.92 Å². The van der Waals surface area contributed by atoms with Gasteiger partial charge in [-0.2, -0.15) is 0 Å². The Kier molecular flexibility index (Phi) is 3.12. The minimum Gasteiger partial charge on any atom is -0.381 e. The van der Waals surface area contributed by atoms with Gasteiger partial charge < -0.3 is 9.94 Å². The van der Waals surface area contributed by atoms with E-state index in [1.54, 1.807) is 0 Å². The number of hydroxylamine groups is 1. The van der Waals surface area contributed by atoms with E-state index >= 15 is 0 Å². The summed E-state index contributed by atoms with van der Waals surface area (Å²) in [6.45, 7) is 5.37. The maximum Gasteiger partial charge on any atom is 0.0469 e. The summed E-state index contributed by atoms with van der Waals surface area (Å²) in [4.78, 5) is 0. The van der Waals surface area contributed by atoms with Crippen molar-refractivity contribution in [1.82, 2.24) is 5.48 Å². The highest BCUT2D eigenvalue weighted by Crippen LogP contribution is 2.17. The minimum atomic E-state index is -0.0381. The summed E-state index contributed by atoms with van der Waals surface area (Å²) in [6.07, 6.45) is 2.00. The number of hydrogen-bond donors (Lipinski definition) is 2. The predicted molar refractivity (Wildman–Crippen MR) is 37.6 cm³/mol. The summed E-state index contributed by atoms with van der Waals surface area (Å²) in [5.41, 5.74) is 2.17. The normalized spacial score (nSPS) is 24.6. The molecule has 0 spiro atoms. The molecule has 0 unspecified atom stereocenters. The van der Waals surface area contributed by atoms with Gasteiger partial charge in [-0.25, -0.2) is 5.48 Å². The highest BCUT2D eigenvalue weighted by atomic mass is 16.5. The van der Waals surface area contributed by atoms with Gasteiger partial charge in [0.2, 0.25) is 0 Å². The maximum absolute atomic E-state index is 8.53. The summed E-state index contributed by atoms with van der Waals surface area (Å²) in [6, 6.07) is -0.0381. The quantitative estimate of drug-likeness (QED) is 0.557. The largest absolute Gasteiger partial charge is 0.381 e. The summed E-state index contributed by atoms with van der Waals surface area (Å²) in [5.74, 6) is 0.471. The lowest BCUT2D eigenvalue weighted by molar-refractivity contribution is 0.0335. The summed E-state index contributed by atoms with van der Waals surface area (Å²) in [5, 5.41) is 8.53. The minimum absolute atomic E-state index is 0.0381. The van der Waals surface area contributed by atoms with Crippen molar-refractivity contribution in [2.24, 2.45) is 5.92 Å². The molecule has 0 aromatic heterocycles. The Morgan fingerprint density at radius 1 is 1.50 bits per heavy atom. The van der Waals surface area contributed by atoms with Crippen LogP contribution >= 0.6 is 0 Å². The first-order valence-electron chi connectivity index (χ1n) is 3.65. The van der Waals surface area contributed by atoms with Crippen LogP contribution in [0.3, 0.4) is 0 Å². The second-order valence-corrected chi connectivity index (χ2v) is 2.69. The molecule has 1 aliphatic heterocycles. The lowest BCUT2D eigenvalue weighted by Gasteiger charge is -2.26. The molecule has 1 saturated heterocycles. The number of rotatable bonds is 2. The van der Waals surface area contributed by atoms with Crippen LogP contribution in [0.15, 0.2) is 0 Å². The molecule has 0 aliphatic carbocycles. The van der Waals surface area contributed by atoms with E-state index in [9.17, 15) is 0 Å². The van der Waals surface area contributed by atoms with E-state index in [-0.39, 0.29) is 6.04 Å². The molecular formula is C7H14NO2. The predicted octanol–water partition coefficient (Wildman–Crippen LogP) is 0.594. The Labute approximate surface area is 61.3 Å². The molecule has 1 heterocycles. The average Bonchev–Trinajstić information content (AvgIpc) is 2.05. The van der Waals surface area contributed by atoms with Crippen molar-refractivity contribution in [1.29, 1.82) is 0 Å². The molecule has 2 N–H and O–H groups in total. The second kappa shape index (κ2) is 3.91. The van der Waals surface area contributed by atoms with E-state index in [1.807, 2.05) is 0 Å². The molecule has 3 heteroatoms. The van der Waals surface area contributed by atoms with Crippen LogP contribution in [0.25, 0.3) is 0 Å². The molecule has 1 atom stereocenters. The third-order valence-electron chi connectivity index (χ3n) is 2.00. The first kappa shape index (κ1) is 7.98. The van der Waals surface area contributed by atoms with Crippen molar-refractivity contribution in [3.8, 4) is 0 Å². The van der Waals surface area contributed by atoms with E-state index in [2.05, 4.69) is 12.4 Å². The van der Waals surface area contributed by atoms with Crippen molar-refractivity contribution >= 4 is 0 Å². The smallest absolute Gasteiger partial charge is 0.0469 e. The van der Waals surface area contributed by atoms with Crippen LogP contribution in [0.1, 0.15) is 12.8 Å². The van der Waals surface area contributed by atoms with Crippen LogP contribution in [0.5, 0.6) is 0 Å². The van der Waals surface area contributed by atoms with Gasteiger partial charge in [0.25, 0.3) is 0 Å². The SMILES string of the molecule is [CH2][C@H](NO)C1CCOCC1. The lowest BCUT2D eigenvalue weighted by Crippen LogP contribution is -2.34. The first-order chi connectivity index (χ1) is 4.84. The third kappa shape index (κ3) is 1.94. The summed E-state index contributed by atoms with van der Waals surface area (Å²) < 4.78 is 5.16. The number of hydrogen-bond acceptors (Lipinski definition) is 3. The molecule has 3 nitrogen and oxygen atoms in total. The highest BCUT2D eigenvalue weighted by molar-refractivity contribution is 4.77. The Morgan fingerprint density at radius 3 is 2.60 bits per heavy atom.